The first kappa shape index (κ1) is 16.9. The summed E-state index contributed by atoms with van der Waals surface area (Å²) in [7, 11) is 0. The highest BCUT2D eigenvalue weighted by Crippen LogP contribution is 2.22. The number of nitriles is 1. The van der Waals surface area contributed by atoms with Crippen LogP contribution in [0.1, 0.15) is 44.1 Å². The van der Waals surface area contributed by atoms with Crippen LogP contribution in [0.15, 0.2) is 30.3 Å². The Morgan fingerprint density at radius 1 is 1.17 bits per heavy atom. The molecule has 2 rings (SSSR count). The third-order valence-electron chi connectivity index (χ3n) is 3.38. The van der Waals surface area contributed by atoms with Gasteiger partial charge in [-0.25, -0.2) is 0 Å². The Morgan fingerprint density at radius 2 is 1.87 bits per heavy atom. The number of benzene rings is 1. The molecule has 0 fully saturated rings. The summed E-state index contributed by atoms with van der Waals surface area (Å²) in [6.07, 6.45) is 0.229. The number of rotatable bonds is 6. The molecule has 23 heavy (non-hydrogen) atoms. The lowest BCUT2D eigenvalue weighted by Crippen LogP contribution is -2.08. The van der Waals surface area contributed by atoms with E-state index in [-0.39, 0.29) is 25.2 Å². The Balaban J connectivity index is 1.79. The van der Waals surface area contributed by atoms with Gasteiger partial charge in [-0.15, -0.1) is 11.3 Å². The molecule has 0 unspecified atom stereocenters. The fourth-order valence-electron chi connectivity index (χ4n) is 2.17. The molecule has 1 aromatic carbocycles. The van der Waals surface area contributed by atoms with Crippen LogP contribution < -0.4 is 0 Å². The van der Waals surface area contributed by atoms with Gasteiger partial charge in [-0.3, -0.25) is 9.59 Å². The van der Waals surface area contributed by atoms with Crippen molar-refractivity contribution in [1.29, 1.82) is 5.26 Å². The molecule has 0 aliphatic rings. The maximum absolute atomic E-state index is 12.1. The summed E-state index contributed by atoms with van der Waals surface area (Å²) in [6.45, 7) is 4.02. The lowest BCUT2D eigenvalue weighted by atomic mass is 10.1. The number of esters is 1. The third-order valence-corrected chi connectivity index (χ3v) is 4.35. The quantitative estimate of drug-likeness (QED) is 0.595. The lowest BCUT2D eigenvalue weighted by Gasteiger charge is -2.05. The van der Waals surface area contributed by atoms with Gasteiger partial charge in [0.1, 0.15) is 6.61 Å². The molecule has 0 amide bonds. The number of nitrogens with zero attached hydrogens (tertiary/aromatic N) is 1. The van der Waals surface area contributed by atoms with Gasteiger partial charge in [0.25, 0.3) is 0 Å². The summed E-state index contributed by atoms with van der Waals surface area (Å²) >= 11 is 1.58. The standard InChI is InChI=1S/C18H17NO3S/c1-12-9-16(13(2)23-12)17(20)7-8-18(21)22-11-15-5-3-14(10-19)4-6-15/h3-6,9H,7-8,11H2,1-2H3. The first-order chi connectivity index (χ1) is 11.0. The van der Waals surface area contributed by atoms with Gasteiger partial charge in [0.05, 0.1) is 18.1 Å². The minimum absolute atomic E-state index is 0.0258. The molecular formula is C18H17NO3S. The van der Waals surface area contributed by atoms with Crippen molar-refractivity contribution in [2.45, 2.75) is 33.3 Å². The number of Topliss-reactive ketones (excluding diaryl/α,β-unsaturated/α-hetero) is 1. The number of ketones is 1. The highest BCUT2D eigenvalue weighted by molar-refractivity contribution is 7.12. The van der Waals surface area contributed by atoms with E-state index in [4.69, 9.17) is 10.00 Å². The van der Waals surface area contributed by atoms with Crippen LogP contribution in [-0.4, -0.2) is 11.8 Å². The largest absolute Gasteiger partial charge is 0.461 e. The monoisotopic (exact) mass is 327 g/mol. The zero-order valence-corrected chi connectivity index (χ0v) is 13.9. The van der Waals surface area contributed by atoms with Gasteiger partial charge in [-0.1, -0.05) is 12.1 Å². The van der Waals surface area contributed by atoms with Gasteiger partial charge in [0.2, 0.25) is 0 Å². The van der Waals surface area contributed by atoms with Crippen molar-refractivity contribution in [1.82, 2.24) is 0 Å². The Hall–Kier alpha value is -2.45. The van der Waals surface area contributed by atoms with Gasteiger partial charge in [-0.2, -0.15) is 5.26 Å². The molecule has 0 spiro atoms. The van der Waals surface area contributed by atoms with E-state index in [0.717, 1.165) is 15.3 Å². The molecule has 1 aromatic heterocycles. The molecule has 0 N–H and O–H groups in total. The van der Waals surface area contributed by atoms with Crippen molar-refractivity contribution in [3.63, 3.8) is 0 Å². The zero-order valence-electron chi connectivity index (χ0n) is 13.1. The Kier molecular flexibility index (Phi) is 5.67. The van der Waals surface area contributed by atoms with Gasteiger partial charge in [0, 0.05) is 21.7 Å². The maximum Gasteiger partial charge on any atom is 0.306 e. The minimum atomic E-state index is -0.396. The van der Waals surface area contributed by atoms with Crippen molar-refractivity contribution >= 4 is 23.1 Å². The van der Waals surface area contributed by atoms with E-state index < -0.39 is 5.97 Å². The number of hydrogen-bond donors (Lipinski definition) is 0. The topological polar surface area (TPSA) is 67.2 Å². The van der Waals surface area contributed by atoms with Crippen molar-refractivity contribution in [2.24, 2.45) is 0 Å². The summed E-state index contributed by atoms with van der Waals surface area (Å²) in [4.78, 5) is 25.9. The number of carbonyl (C=O) groups excluding carboxylic acids is 2. The first-order valence-electron chi connectivity index (χ1n) is 7.24. The summed E-state index contributed by atoms with van der Waals surface area (Å²) in [5, 5.41) is 8.72. The first-order valence-corrected chi connectivity index (χ1v) is 8.06. The average molecular weight is 327 g/mol. The van der Waals surface area contributed by atoms with Crippen LogP contribution in [-0.2, 0) is 16.1 Å². The molecule has 2 aromatic rings. The number of hydrogen-bond acceptors (Lipinski definition) is 5. The van der Waals surface area contributed by atoms with Crippen LogP contribution in [0.2, 0.25) is 0 Å². The zero-order chi connectivity index (χ0) is 16.8. The predicted molar refractivity (Wildman–Crippen MR) is 88.3 cm³/mol. The molecule has 0 bridgehead atoms. The molecule has 0 aliphatic heterocycles. The predicted octanol–water partition coefficient (Wildman–Crippen LogP) is 3.94. The number of carbonyl (C=O) groups is 2. The average Bonchev–Trinajstić information content (AvgIpc) is 2.89. The molecular weight excluding hydrogens is 310 g/mol. The molecule has 4 nitrogen and oxygen atoms in total. The molecule has 118 valence electrons. The summed E-state index contributed by atoms with van der Waals surface area (Å²) in [5.41, 5.74) is 2.08. The van der Waals surface area contributed by atoms with Crippen LogP contribution in [0.4, 0.5) is 0 Å². The van der Waals surface area contributed by atoms with E-state index in [0.29, 0.717) is 11.1 Å². The molecule has 0 atom stereocenters. The molecule has 0 saturated carbocycles. The Labute approximate surface area is 139 Å². The van der Waals surface area contributed by atoms with Crippen molar-refractivity contribution in [3.8, 4) is 6.07 Å². The molecule has 5 heteroatoms. The lowest BCUT2D eigenvalue weighted by molar-refractivity contribution is -0.144. The van der Waals surface area contributed by atoms with Gasteiger partial charge in [0.15, 0.2) is 5.78 Å². The van der Waals surface area contributed by atoms with E-state index in [9.17, 15) is 9.59 Å². The Bertz CT molecular complexity index is 754. The van der Waals surface area contributed by atoms with E-state index in [2.05, 4.69) is 0 Å². The summed E-state index contributed by atoms with van der Waals surface area (Å²) in [5.74, 6) is -0.422. The highest BCUT2D eigenvalue weighted by Gasteiger charge is 2.14. The van der Waals surface area contributed by atoms with Crippen LogP contribution in [0.3, 0.4) is 0 Å². The molecule has 0 saturated heterocycles. The van der Waals surface area contributed by atoms with E-state index in [1.54, 1.807) is 35.6 Å². The van der Waals surface area contributed by atoms with Crippen molar-refractivity contribution < 1.29 is 14.3 Å². The smallest absolute Gasteiger partial charge is 0.306 e. The summed E-state index contributed by atoms with van der Waals surface area (Å²) in [6, 6.07) is 10.7. The molecule has 0 aliphatic carbocycles. The third kappa shape index (κ3) is 4.76. The summed E-state index contributed by atoms with van der Waals surface area (Å²) < 4.78 is 5.15. The second-order valence-corrected chi connectivity index (χ2v) is 6.68. The minimum Gasteiger partial charge on any atom is -0.461 e. The molecule has 0 radical (unpaired) electrons. The number of thiophene rings is 1. The number of ether oxygens (including phenoxy) is 1. The van der Waals surface area contributed by atoms with Gasteiger partial charge in [-0.05, 0) is 37.6 Å². The fraction of sp³-hybridized carbons (Fsp3) is 0.278. The Morgan fingerprint density at radius 3 is 2.43 bits per heavy atom. The van der Waals surface area contributed by atoms with Gasteiger partial charge >= 0.3 is 5.97 Å². The van der Waals surface area contributed by atoms with Crippen LogP contribution >= 0.6 is 11.3 Å². The van der Waals surface area contributed by atoms with Crippen molar-refractivity contribution in [3.05, 3.63) is 56.8 Å². The second kappa shape index (κ2) is 7.70. The van der Waals surface area contributed by atoms with E-state index >= 15 is 0 Å². The maximum atomic E-state index is 12.1. The number of aryl methyl sites for hydroxylation is 2. The van der Waals surface area contributed by atoms with Crippen LogP contribution in [0.25, 0.3) is 0 Å². The van der Waals surface area contributed by atoms with Crippen LogP contribution in [0, 0.1) is 25.2 Å². The highest BCUT2D eigenvalue weighted by atomic mass is 32.1. The van der Waals surface area contributed by atoms with Crippen molar-refractivity contribution in [2.75, 3.05) is 0 Å². The normalized spacial score (nSPS) is 10.1. The fourth-order valence-corrected chi connectivity index (χ4v) is 3.11. The molecule has 1 heterocycles. The van der Waals surface area contributed by atoms with E-state index in [1.165, 1.54) is 0 Å². The SMILES string of the molecule is Cc1cc(C(=O)CCC(=O)OCc2ccc(C#N)cc2)c(C)s1. The second-order valence-electron chi connectivity index (χ2n) is 5.22. The van der Waals surface area contributed by atoms with Crippen LogP contribution in [0.5, 0.6) is 0 Å². The van der Waals surface area contributed by atoms with Gasteiger partial charge < -0.3 is 4.74 Å². The van der Waals surface area contributed by atoms with E-state index in [1.807, 2.05) is 26.0 Å².